The Balaban J connectivity index is 1.42. The molecular formula is C27H33N7O2. The maximum atomic E-state index is 13.5. The average molecular weight is 488 g/mol. The summed E-state index contributed by atoms with van der Waals surface area (Å²) in [6, 6.07) is 0.0575. The molecule has 1 saturated carbocycles. The SMILES string of the molecule is CC(=O)c1c(C)c2cnc(Nc3ncc(N4CCNCC4)c4c3CCC4)nc2n(C2CCCC2)c1=O. The Kier molecular flexibility index (Phi) is 5.95. The van der Waals surface area contributed by atoms with Crippen LogP contribution in [0.3, 0.4) is 0 Å². The van der Waals surface area contributed by atoms with E-state index in [0.717, 1.165) is 82.3 Å². The summed E-state index contributed by atoms with van der Waals surface area (Å²) in [5.74, 6) is 1.02. The van der Waals surface area contributed by atoms with Crippen molar-refractivity contribution in [2.24, 2.45) is 0 Å². The van der Waals surface area contributed by atoms with E-state index in [1.807, 2.05) is 13.1 Å². The molecule has 3 aromatic rings. The van der Waals surface area contributed by atoms with Crippen LogP contribution < -0.4 is 21.1 Å². The zero-order valence-electron chi connectivity index (χ0n) is 21.1. The second kappa shape index (κ2) is 9.28. The Morgan fingerprint density at radius 2 is 1.81 bits per heavy atom. The number of aryl methyl sites for hydroxylation is 1. The van der Waals surface area contributed by atoms with Crippen LogP contribution in [0.1, 0.15) is 72.1 Å². The molecule has 0 unspecified atom stereocenters. The molecule has 2 fully saturated rings. The number of pyridine rings is 2. The number of nitrogens with zero attached hydrogens (tertiary/aromatic N) is 5. The highest BCUT2D eigenvalue weighted by Gasteiger charge is 2.27. The molecule has 0 bridgehead atoms. The summed E-state index contributed by atoms with van der Waals surface area (Å²) in [7, 11) is 0. The largest absolute Gasteiger partial charge is 0.368 e. The van der Waals surface area contributed by atoms with Crippen molar-refractivity contribution >= 4 is 34.3 Å². The maximum Gasteiger partial charge on any atom is 0.263 e. The molecule has 0 spiro atoms. The fraction of sp³-hybridized carbons (Fsp3) is 0.519. The van der Waals surface area contributed by atoms with Gasteiger partial charge < -0.3 is 15.5 Å². The van der Waals surface area contributed by atoms with Crippen molar-refractivity contribution in [3.63, 3.8) is 0 Å². The smallest absolute Gasteiger partial charge is 0.263 e. The Morgan fingerprint density at radius 1 is 1.06 bits per heavy atom. The lowest BCUT2D eigenvalue weighted by atomic mass is 10.0. The van der Waals surface area contributed by atoms with Gasteiger partial charge in [-0.15, -0.1) is 0 Å². The van der Waals surface area contributed by atoms with E-state index >= 15 is 0 Å². The van der Waals surface area contributed by atoms with E-state index in [1.165, 1.54) is 23.7 Å². The number of Topliss-reactive ketones (excluding diaryl/α,β-unsaturated/α-hetero) is 1. The van der Waals surface area contributed by atoms with Gasteiger partial charge in [0.2, 0.25) is 5.95 Å². The van der Waals surface area contributed by atoms with Crippen LogP contribution in [0.5, 0.6) is 0 Å². The van der Waals surface area contributed by atoms with E-state index in [-0.39, 0.29) is 22.9 Å². The predicted molar refractivity (Wildman–Crippen MR) is 141 cm³/mol. The molecule has 0 aromatic carbocycles. The molecule has 0 amide bonds. The molecule has 1 aliphatic heterocycles. The van der Waals surface area contributed by atoms with Gasteiger partial charge in [-0.2, -0.15) is 4.98 Å². The van der Waals surface area contributed by atoms with Gasteiger partial charge in [0.15, 0.2) is 5.78 Å². The molecule has 1 saturated heterocycles. The van der Waals surface area contributed by atoms with Gasteiger partial charge >= 0.3 is 0 Å². The molecule has 0 radical (unpaired) electrons. The number of nitrogens with one attached hydrogen (secondary N) is 2. The van der Waals surface area contributed by atoms with Crippen molar-refractivity contribution in [1.82, 2.24) is 24.8 Å². The third-order valence-corrected chi connectivity index (χ3v) is 8.07. The summed E-state index contributed by atoms with van der Waals surface area (Å²) in [5, 5.41) is 7.55. The molecule has 36 heavy (non-hydrogen) atoms. The standard InChI is InChI=1S/C27H33N7O2/c1-16-21-14-30-27(32-25(21)34(18-6-3-4-7-18)26(36)23(16)17(2)35)31-24-20-9-5-8-19(20)22(15-29-24)33-12-10-28-11-13-33/h14-15,18,28H,3-13H2,1-2H3,(H,29,30,31,32). The van der Waals surface area contributed by atoms with Gasteiger partial charge in [0.05, 0.1) is 17.4 Å². The molecule has 3 aliphatic rings. The van der Waals surface area contributed by atoms with Gasteiger partial charge in [0, 0.05) is 49.4 Å². The zero-order valence-corrected chi connectivity index (χ0v) is 21.1. The number of fused-ring (bicyclic) bond motifs is 2. The number of piperazine rings is 1. The highest BCUT2D eigenvalue weighted by Crippen LogP contribution is 2.36. The van der Waals surface area contributed by atoms with E-state index in [2.05, 4.69) is 20.5 Å². The molecule has 2 aliphatic carbocycles. The van der Waals surface area contributed by atoms with Crippen molar-refractivity contribution < 1.29 is 4.79 Å². The van der Waals surface area contributed by atoms with Gasteiger partial charge in [0.1, 0.15) is 11.5 Å². The average Bonchev–Trinajstić information content (AvgIpc) is 3.58. The molecule has 6 rings (SSSR count). The van der Waals surface area contributed by atoms with Crippen molar-refractivity contribution in [3.8, 4) is 0 Å². The highest BCUT2D eigenvalue weighted by molar-refractivity contribution is 5.99. The number of carbonyl (C=O) groups excluding carboxylic acids is 1. The topological polar surface area (TPSA) is 105 Å². The van der Waals surface area contributed by atoms with E-state index < -0.39 is 0 Å². The molecule has 3 aromatic heterocycles. The second-order valence-corrected chi connectivity index (χ2v) is 10.3. The minimum Gasteiger partial charge on any atom is -0.368 e. The van der Waals surface area contributed by atoms with Crippen LogP contribution in [-0.4, -0.2) is 51.5 Å². The van der Waals surface area contributed by atoms with Crippen LogP contribution in [0.4, 0.5) is 17.5 Å². The first-order valence-corrected chi connectivity index (χ1v) is 13.2. The first-order valence-electron chi connectivity index (χ1n) is 13.2. The molecule has 188 valence electrons. The minimum absolute atomic E-state index is 0.0575. The lowest BCUT2D eigenvalue weighted by molar-refractivity contribution is 0.101. The Hall–Kier alpha value is -3.33. The first-order chi connectivity index (χ1) is 17.5. The van der Waals surface area contributed by atoms with Gasteiger partial charge in [0.25, 0.3) is 5.56 Å². The summed E-state index contributed by atoms with van der Waals surface area (Å²) in [5.41, 5.74) is 5.14. The summed E-state index contributed by atoms with van der Waals surface area (Å²) < 4.78 is 1.75. The second-order valence-electron chi connectivity index (χ2n) is 10.3. The molecule has 4 heterocycles. The van der Waals surface area contributed by atoms with Crippen LogP contribution in [-0.2, 0) is 12.8 Å². The van der Waals surface area contributed by atoms with Crippen molar-refractivity contribution in [3.05, 3.63) is 45.0 Å². The number of anilines is 3. The zero-order chi connectivity index (χ0) is 24.8. The van der Waals surface area contributed by atoms with Crippen LogP contribution in [0.25, 0.3) is 11.0 Å². The van der Waals surface area contributed by atoms with Gasteiger partial charge in [-0.1, -0.05) is 12.8 Å². The van der Waals surface area contributed by atoms with E-state index in [4.69, 9.17) is 9.97 Å². The number of rotatable bonds is 5. The molecule has 0 atom stereocenters. The fourth-order valence-electron chi connectivity index (χ4n) is 6.27. The molecule has 9 heteroatoms. The fourth-order valence-corrected chi connectivity index (χ4v) is 6.27. The van der Waals surface area contributed by atoms with Gasteiger partial charge in [-0.3, -0.25) is 14.2 Å². The van der Waals surface area contributed by atoms with Crippen LogP contribution >= 0.6 is 0 Å². The van der Waals surface area contributed by atoms with Crippen molar-refractivity contribution in [2.45, 2.75) is 64.8 Å². The lowest BCUT2D eigenvalue weighted by Gasteiger charge is -2.31. The van der Waals surface area contributed by atoms with E-state index in [0.29, 0.717) is 17.2 Å². The molecule has 2 N–H and O–H groups in total. The molecule has 9 nitrogen and oxygen atoms in total. The highest BCUT2D eigenvalue weighted by atomic mass is 16.1. The Morgan fingerprint density at radius 3 is 2.56 bits per heavy atom. The summed E-state index contributed by atoms with van der Waals surface area (Å²) in [4.78, 5) is 42.5. The summed E-state index contributed by atoms with van der Waals surface area (Å²) >= 11 is 0. The van der Waals surface area contributed by atoms with Crippen molar-refractivity contribution in [2.75, 3.05) is 36.4 Å². The van der Waals surface area contributed by atoms with Crippen molar-refractivity contribution in [1.29, 1.82) is 0 Å². The number of hydrogen-bond donors (Lipinski definition) is 2. The number of ketones is 1. The van der Waals surface area contributed by atoms with E-state index in [1.54, 1.807) is 10.8 Å². The predicted octanol–water partition coefficient (Wildman–Crippen LogP) is 3.45. The molecular weight excluding hydrogens is 454 g/mol. The van der Waals surface area contributed by atoms with Gasteiger partial charge in [-0.05, 0) is 57.1 Å². The lowest BCUT2D eigenvalue weighted by Crippen LogP contribution is -2.44. The number of carbonyl (C=O) groups is 1. The Labute approximate surface area is 210 Å². The van der Waals surface area contributed by atoms with Crippen LogP contribution in [0.15, 0.2) is 17.2 Å². The third kappa shape index (κ3) is 3.86. The van der Waals surface area contributed by atoms with Gasteiger partial charge in [-0.25, -0.2) is 9.97 Å². The monoisotopic (exact) mass is 487 g/mol. The maximum absolute atomic E-state index is 13.5. The Bertz CT molecular complexity index is 1400. The quantitative estimate of drug-likeness (QED) is 0.527. The summed E-state index contributed by atoms with van der Waals surface area (Å²) in [6.45, 7) is 7.26. The number of aromatic nitrogens is 4. The minimum atomic E-state index is -0.233. The summed E-state index contributed by atoms with van der Waals surface area (Å²) in [6.07, 6.45) is 10.9. The van der Waals surface area contributed by atoms with Crippen LogP contribution in [0, 0.1) is 6.92 Å². The van der Waals surface area contributed by atoms with E-state index in [9.17, 15) is 9.59 Å². The normalized spacial score (nSPS) is 18.1. The first kappa shape index (κ1) is 23.1. The third-order valence-electron chi connectivity index (χ3n) is 8.07. The number of hydrogen-bond acceptors (Lipinski definition) is 8. The van der Waals surface area contributed by atoms with Crippen LogP contribution in [0.2, 0.25) is 0 Å².